The normalized spacial score (nSPS) is 14.4. The number of benzene rings is 1. The van der Waals surface area contributed by atoms with Crippen LogP contribution in [0.2, 0.25) is 0 Å². The molecule has 1 fully saturated rings. The van der Waals surface area contributed by atoms with Gasteiger partial charge in [0.2, 0.25) is 5.95 Å². The zero-order valence-electron chi connectivity index (χ0n) is 23.8. The fourth-order valence-electron chi connectivity index (χ4n) is 5.35. The molecule has 40 heavy (non-hydrogen) atoms. The van der Waals surface area contributed by atoms with Gasteiger partial charge in [-0.15, -0.1) is 11.7 Å². The first-order valence-electron chi connectivity index (χ1n) is 13.7. The van der Waals surface area contributed by atoms with Crippen molar-refractivity contribution in [2.45, 2.75) is 52.2 Å². The molecule has 1 aliphatic rings. The summed E-state index contributed by atoms with van der Waals surface area (Å²) in [5.74, 6) is 0.762. The first kappa shape index (κ1) is 27.3. The van der Waals surface area contributed by atoms with Crippen LogP contribution in [-0.4, -0.2) is 67.2 Å². The molecule has 1 aromatic carbocycles. The van der Waals surface area contributed by atoms with Crippen LogP contribution in [0.4, 0.5) is 17.3 Å². The van der Waals surface area contributed by atoms with Gasteiger partial charge in [-0.25, -0.2) is 19.0 Å². The highest BCUT2D eigenvalue weighted by Crippen LogP contribution is 2.28. The van der Waals surface area contributed by atoms with Crippen LogP contribution in [0.3, 0.4) is 0 Å². The molecule has 0 aliphatic carbocycles. The maximum Gasteiger partial charge on any atom is 0.278 e. The second-order valence-electron chi connectivity index (χ2n) is 10.8. The molecule has 210 valence electrons. The number of nitrogens with one attached hydrogen (secondary N) is 1. The second kappa shape index (κ2) is 11.1. The molecule has 1 N–H and O–H groups in total. The molecule has 0 spiro atoms. The van der Waals surface area contributed by atoms with Crippen molar-refractivity contribution in [1.82, 2.24) is 34.0 Å². The van der Waals surface area contributed by atoms with E-state index in [0.29, 0.717) is 28.8 Å². The van der Waals surface area contributed by atoms with Crippen LogP contribution in [0.1, 0.15) is 38.3 Å². The van der Waals surface area contributed by atoms with Gasteiger partial charge in [0, 0.05) is 42.8 Å². The monoisotopic (exact) mass is 543 g/mol. The van der Waals surface area contributed by atoms with Crippen molar-refractivity contribution < 1.29 is 0 Å². The summed E-state index contributed by atoms with van der Waals surface area (Å²) in [7, 11) is 4.31. The Morgan fingerprint density at radius 1 is 1.15 bits per heavy atom. The van der Waals surface area contributed by atoms with Crippen molar-refractivity contribution in [2.75, 3.05) is 37.4 Å². The molecule has 0 atom stereocenters. The van der Waals surface area contributed by atoms with Crippen molar-refractivity contribution in [1.29, 1.82) is 0 Å². The highest BCUT2D eigenvalue weighted by atomic mass is 16.1. The molecule has 0 radical (unpaired) electrons. The predicted molar refractivity (Wildman–Crippen MR) is 159 cm³/mol. The number of aromatic nitrogens is 6. The van der Waals surface area contributed by atoms with Crippen molar-refractivity contribution in [3.63, 3.8) is 0 Å². The Hall–Kier alpha value is -4.25. The molecule has 1 saturated heterocycles. The average Bonchev–Trinajstić information content (AvgIpc) is 3.20. The quantitative estimate of drug-likeness (QED) is 0.337. The summed E-state index contributed by atoms with van der Waals surface area (Å²) in [4.78, 5) is 39.5. The van der Waals surface area contributed by atoms with Gasteiger partial charge in [-0.05, 0) is 77.5 Å². The Kier molecular flexibility index (Phi) is 7.57. The number of allylic oxidation sites excluding steroid dienone is 1. The summed E-state index contributed by atoms with van der Waals surface area (Å²) in [6.07, 6.45) is 5.46. The standard InChI is InChI=1S/C29H37N9O2/c1-7-14-36-28(40)23-18-30-29(32-27(23)38(36)25-10-11-26(39)37(33-25)19(2)3)31-21-8-9-24(20(4)17-21)35-15-12-22(13-16-35)34(5)6/h7-11,17-19,22H,1,12-16H2,2-6H3,(H,30,31,32). The molecule has 11 heteroatoms. The number of fused-ring (bicyclic) bond motifs is 1. The summed E-state index contributed by atoms with van der Waals surface area (Å²) in [5.41, 5.74) is 3.18. The molecule has 3 aromatic heterocycles. The summed E-state index contributed by atoms with van der Waals surface area (Å²) in [6, 6.07) is 9.80. The van der Waals surface area contributed by atoms with E-state index in [-0.39, 0.29) is 23.7 Å². The molecule has 0 unspecified atom stereocenters. The molecular formula is C29H37N9O2. The van der Waals surface area contributed by atoms with Crippen molar-refractivity contribution in [3.8, 4) is 5.82 Å². The van der Waals surface area contributed by atoms with Crippen molar-refractivity contribution >= 4 is 28.4 Å². The van der Waals surface area contributed by atoms with Gasteiger partial charge in [0.05, 0.1) is 12.6 Å². The second-order valence-corrected chi connectivity index (χ2v) is 10.8. The largest absolute Gasteiger partial charge is 0.371 e. The minimum absolute atomic E-state index is 0.147. The first-order chi connectivity index (χ1) is 19.2. The van der Waals surface area contributed by atoms with Crippen molar-refractivity contribution in [2.24, 2.45) is 0 Å². The SMILES string of the molecule is C=CCn1c(=O)c2cnc(Nc3ccc(N4CCC(N(C)C)CC4)c(C)c3)nc2n1-c1ccc(=O)n(C(C)C)n1. The van der Waals surface area contributed by atoms with Crippen LogP contribution in [0.5, 0.6) is 0 Å². The Balaban J connectivity index is 1.48. The Morgan fingerprint density at radius 2 is 1.90 bits per heavy atom. The number of nitrogens with zero attached hydrogens (tertiary/aromatic N) is 8. The van der Waals surface area contributed by atoms with Gasteiger partial charge in [0.25, 0.3) is 11.1 Å². The molecule has 4 aromatic rings. The molecule has 0 amide bonds. The lowest BCUT2D eigenvalue weighted by Gasteiger charge is -2.37. The molecule has 0 saturated carbocycles. The van der Waals surface area contributed by atoms with Gasteiger partial charge in [-0.3, -0.25) is 9.59 Å². The Morgan fingerprint density at radius 3 is 2.55 bits per heavy atom. The smallest absolute Gasteiger partial charge is 0.278 e. The molecular weight excluding hydrogens is 506 g/mol. The van der Waals surface area contributed by atoms with Crippen LogP contribution >= 0.6 is 0 Å². The Bertz CT molecular complexity index is 1660. The number of hydrogen-bond acceptors (Lipinski definition) is 8. The van der Waals surface area contributed by atoms with Crippen LogP contribution < -0.4 is 21.3 Å². The van der Waals surface area contributed by atoms with Gasteiger partial charge in [0.1, 0.15) is 5.39 Å². The number of rotatable bonds is 8. The first-order valence-corrected chi connectivity index (χ1v) is 13.7. The van der Waals surface area contributed by atoms with E-state index in [4.69, 9.17) is 4.98 Å². The third kappa shape index (κ3) is 5.16. The third-order valence-electron chi connectivity index (χ3n) is 7.48. The zero-order chi connectivity index (χ0) is 28.6. The maximum atomic E-state index is 13.2. The van der Waals surface area contributed by atoms with Crippen LogP contribution in [-0.2, 0) is 6.54 Å². The van der Waals surface area contributed by atoms with Gasteiger partial charge in [-0.2, -0.15) is 4.98 Å². The lowest BCUT2D eigenvalue weighted by Crippen LogP contribution is -2.42. The number of aryl methyl sites for hydroxylation is 1. The fraction of sp³-hybridized carbons (Fsp3) is 0.414. The minimum Gasteiger partial charge on any atom is -0.371 e. The number of piperidine rings is 1. The highest BCUT2D eigenvalue weighted by Gasteiger charge is 2.22. The minimum atomic E-state index is -0.260. The summed E-state index contributed by atoms with van der Waals surface area (Å²) >= 11 is 0. The van der Waals surface area contributed by atoms with Crippen LogP contribution in [0.25, 0.3) is 16.9 Å². The number of hydrogen-bond donors (Lipinski definition) is 1. The van der Waals surface area contributed by atoms with Crippen molar-refractivity contribution in [3.05, 3.63) is 75.5 Å². The van der Waals surface area contributed by atoms with Gasteiger partial charge in [-0.1, -0.05) is 6.08 Å². The Labute approximate surface area is 233 Å². The van der Waals surface area contributed by atoms with E-state index in [0.717, 1.165) is 31.6 Å². The topological polar surface area (TPSA) is 106 Å². The predicted octanol–water partition coefficient (Wildman–Crippen LogP) is 3.49. The molecule has 5 rings (SSSR count). The van der Waals surface area contributed by atoms with E-state index in [1.807, 2.05) is 19.9 Å². The van der Waals surface area contributed by atoms with Crippen LogP contribution in [0, 0.1) is 6.92 Å². The van der Waals surface area contributed by atoms with Gasteiger partial charge < -0.3 is 15.1 Å². The summed E-state index contributed by atoms with van der Waals surface area (Å²) < 4.78 is 4.50. The van der Waals surface area contributed by atoms with Gasteiger partial charge in [0.15, 0.2) is 11.5 Å². The highest BCUT2D eigenvalue weighted by molar-refractivity contribution is 5.77. The molecule has 0 bridgehead atoms. The van der Waals surface area contributed by atoms with E-state index in [1.54, 1.807) is 16.8 Å². The summed E-state index contributed by atoms with van der Waals surface area (Å²) in [6.45, 7) is 12.0. The van der Waals surface area contributed by atoms with E-state index in [2.05, 4.69) is 64.9 Å². The third-order valence-corrected chi connectivity index (χ3v) is 7.48. The molecule has 1 aliphatic heterocycles. The molecule has 11 nitrogen and oxygen atoms in total. The van der Waals surface area contributed by atoms with E-state index >= 15 is 0 Å². The van der Waals surface area contributed by atoms with E-state index in [9.17, 15) is 9.59 Å². The average molecular weight is 544 g/mol. The maximum absolute atomic E-state index is 13.2. The van der Waals surface area contributed by atoms with Gasteiger partial charge >= 0.3 is 0 Å². The zero-order valence-corrected chi connectivity index (χ0v) is 23.8. The van der Waals surface area contributed by atoms with E-state index < -0.39 is 0 Å². The fourth-order valence-corrected chi connectivity index (χ4v) is 5.35. The van der Waals surface area contributed by atoms with E-state index in [1.165, 1.54) is 32.9 Å². The number of anilines is 3. The lowest BCUT2D eigenvalue weighted by atomic mass is 10.0. The van der Waals surface area contributed by atoms with Crippen LogP contribution in [0.15, 0.2) is 58.8 Å². The summed E-state index contributed by atoms with van der Waals surface area (Å²) in [5, 5.41) is 8.18. The molecule has 4 heterocycles. The lowest BCUT2D eigenvalue weighted by molar-refractivity contribution is 0.249.